The van der Waals surface area contributed by atoms with Gasteiger partial charge in [-0.05, 0) is 51.3 Å². The number of aryl methyl sites for hydroxylation is 3. The molecule has 1 aliphatic rings. The van der Waals surface area contributed by atoms with E-state index in [1.807, 2.05) is 46.0 Å². The van der Waals surface area contributed by atoms with Crippen molar-refractivity contribution in [1.82, 2.24) is 9.78 Å². The van der Waals surface area contributed by atoms with E-state index in [4.69, 9.17) is 14.2 Å². The standard InChI is InChI=1S/C20H27N3O4/c1-13-7-8-17(18(10-13)26-11-16-6-5-9-25-16)21-19(24)12-27-20-14(2)22-23(4)15(20)3/h7-8,10,16H,5-6,9,11-12H2,1-4H3,(H,21,24). The minimum absolute atomic E-state index is 0.0908. The molecule has 0 bridgehead atoms. The monoisotopic (exact) mass is 373 g/mol. The van der Waals surface area contributed by atoms with Gasteiger partial charge < -0.3 is 19.5 Å². The van der Waals surface area contributed by atoms with Gasteiger partial charge >= 0.3 is 0 Å². The normalized spacial score (nSPS) is 16.4. The summed E-state index contributed by atoms with van der Waals surface area (Å²) in [5, 5.41) is 7.16. The molecule has 0 radical (unpaired) electrons. The number of hydrogen-bond donors (Lipinski definition) is 1. The Morgan fingerprint density at radius 1 is 1.33 bits per heavy atom. The lowest BCUT2D eigenvalue weighted by Crippen LogP contribution is -2.22. The number of carbonyl (C=O) groups is 1. The summed E-state index contributed by atoms with van der Waals surface area (Å²) >= 11 is 0. The van der Waals surface area contributed by atoms with E-state index >= 15 is 0 Å². The van der Waals surface area contributed by atoms with Gasteiger partial charge in [-0.1, -0.05) is 6.07 Å². The van der Waals surface area contributed by atoms with Crippen molar-refractivity contribution in [3.05, 3.63) is 35.2 Å². The van der Waals surface area contributed by atoms with Crippen molar-refractivity contribution in [2.45, 2.75) is 39.7 Å². The molecule has 146 valence electrons. The van der Waals surface area contributed by atoms with Gasteiger partial charge in [0, 0.05) is 13.7 Å². The van der Waals surface area contributed by atoms with Crippen molar-refractivity contribution in [1.29, 1.82) is 0 Å². The summed E-state index contributed by atoms with van der Waals surface area (Å²) in [5.41, 5.74) is 3.34. The van der Waals surface area contributed by atoms with Crippen LogP contribution in [-0.4, -0.2) is 41.6 Å². The summed E-state index contributed by atoms with van der Waals surface area (Å²) in [7, 11) is 1.85. The smallest absolute Gasteiger partial charge is 0.262 e. The molecule has 2 heterocycles. The Labute approximate surface area is 159 Å². The third-order valence-corrected chi connectivity index (χ3v) is 4.65. The van der Waals surface area contributed by atoms with Gasteiger partial charge in [0.05, 0.1) is 17.5 Å². The van der Waals surface area contributed by atoms with Crippen LogP contribution in [0.5, 0.6) is 11.5 Å². The van der Waals surface area contributed by atoms with E-state index in [0.29, 0.717) is 23.8 Å². The molecule has 0 spiro atoms. The molecule has 2 aromatic rings. The maximum atomic E-state index is 12.4. The van der Waals surface area contributed by atoms with Gasteiger partial charge in [0.1, 0.15) is 18.1 Å². The van der Waals surface area contributed by atoms with Crippen LogP contribution in [0.25, 0.3) is 0 Å². The van der Waals surface area contributed by atoms with Crippen LogP contribution in [0.3, 0.4) is 0 Å². The molecule has 0 saturated carbocycles. The average Bonchev–Trinajstić information content (AvgIpc) is 3.22. The third kappa shape index (κ3) is 4.80. The van der Waals surface area contributed by atoms with Crippen LogP contribution in [0.2, 0.25) is 0 Å². The molecule has 1 aromatic heterocycles. The first-order valence-corrected chi connectivity index (χ1v) is 9.22. The van der Waals surface area contributed by atoms with Crippen LogP contribution in [0, 0.1) is 20.8 Å². The van der Waals surface area contributed by atoms with E-state index < -0.39 is 0 Å². The number of aromatic nitrogens is 2. The number of rotatable bonds is 7. The Bertz CT molecular complexity index is 810. The summed E-state index contributed by atoms with van der Waals surface area (Å²) in [6, 6.07) is 5.70. The van der Waals surface area contributed by atoms with Crippen molar-refractivity contribution < 1.29 is 19.0 Å². The van der Waals surface area contributed by atoms with Crippen molar-refractivity contribution in [2.24, 2.45) is 7.05 Å². The fourth-order valence-electron chi connectivity index (χ4n) is 3.10. The largest absolute Gasteiger partial charge is 0.489 e. The van der Waals surface area contributed by atoms with Crippen LogP contribution in [0.15, 0.2) is 18.2 Å². The highest BCUT2D eigenvalue weighted by Crippen LogP contribution is 2.27. The Morgan fingerprint density at radius 3 is 2.81 bits per heavy atom. The minimum Gasteiger partial charge on any atom is -0.489 e. The summed E-state index contributed by atoms with van der Waals surface area (Å²) in [4.78, 5) is 12.4. The number of anilines is 1. The maximum absolute atomic E-state index is 12.4. The molecule has 1 unspecified atom stereocenters. The second kappa shape index (κ2) is 8.43. The lowest BCUT2D eigenvalue weighted by Gasteiger charge is -2.16. The molecule has 27 heavy (non-hydrogen) atoms. The molecular formula is C20H27N3O4. The van der Waals surface area contributed by atoms with Gasteiger partial charge in [-0.3, -0.25) is 9.48 Å². The zero-order chi connectivity index (χ0) is 19.4. The molecule has 1 aromatic carbocycles. The quantitative estimate of drug-likeness (QED) is 0.808. The highest BCUT2D eigenvalue weighted by Gasteiger charge is 2.18. The summed E-state index contributed by atoms with van der Waals surface area (Å²) in [6.07, 6.45) is 2.19. The molecule has 7 nitrogen and oxygen atoms in total. The fourth-order valence-corrected chi connectivity index (χ4v) is 3.10. The first-order valence-electron chi connectivity index (χ1n) is 9.22. The Kier molecular flexibility index (Phi) is 6.01. The molecule has 7 heteroatoms. The van der Waals surface area contributed by atoms with Gasteiger partial charge in [-0.2, -0.15) is 5.10 Å². The molecule has 0 aliphatic carbocycles. The molecule has 1 saturated heterocycles. The summed E-state index contributed by atoms with van der Waals surface area (Å²) < 4.78 is 18.9. The second-order valence-electron chi connectivity index (χ2n) is 6.91. The van der Waals surface area contributed by atoms with Crippen molar-refractivity contribution in [3.63, 3.8) is 0 Å². The first-order chi connectivity index (χ1) is 12.9. The van der Waals surface area contributed by atoms with Crippen molar-refractivity contribution >= 4 is 11.6 Å². The number of nitrogens with zero attached hydrogens (tertiary/aromatic N) is 2. The van der Waals surface area contributed by atoms with E-state index in [9.17, 15) is 4.79 Å². The Balaban J connectivity index is 1.61. The number of nitrogens with one attached hydrogen (secondary N) is 1. The summed E-state index contributed by atoms with van der Waals surface area (Å²) in [5.74, 6) is 1.04. The molecule has 1 aliphatic heterocycles. The maximum Gasteiger partial charge on any atom is 0.262 e. The van der Waals surface area contributed by atoms with E-state index in [0.717, 1.165) is 36.4 Å². The molecule has 1 amide bonds. The number of ether oxygens (including phenoxy) is 3. The van der Waals surface area contributed by atoms with Crippen LogP contribution >= 0.6 is 0 Å². The van der Waals surface area contributed by atoms with Crippen molar-refractivity contribution in [2.75, 3.05) is 25.1 Å². The number of carbonyl (C=O) groups excluding carboxylic acids is 1. The Hall–Kier alpha value is -2.54. The predicted octanol–water partition coefficient (Wildman–Crippen LogP) is 2.92. The van der Waals surface area contributed by atoms with Gasteiger partial charge in [-0.15, -0.1) is 0 Å². The topological polar surface area (TPSA) is 74.6 Å². The van der Waals surface area contributed by atoms with Gasteiger partial charge in [0.2, 0.25) is 0 Å². The van der Waals surface area contributed by atoms with Crippen LogP contribution in [0.4, 0.5) is 5.69 Å². The molecule has 1 atom stereocenters. The fraction of sp³-hybridized carbons (Fsp3) is 0.500. The average molecular weight is 373 g/mol. The first kappa shape index (κ1) is 19.2. The van der Waals surface area contributed by atoms with Crippen molar-refractivity contribution in [3.8, 4) is 11.5 Å². The highest BCUT2D eigenvalue weighted by molar-refractivity contribution is 5.93. The highest BCUT2D eigenvalue weighted by atomic mass is 16.5. The lowest BCUT2D eigenvalue weighted by atomic mass is 10.2. The van der Waals surface area contributed by atoms with Gasteiger partial charge in [0.25, 0.3) is 5.91 Å². The van der Waals surface area contributed by atoms with E-state index in [1.165, 1.54) is 0 Å². The zero-order valence-electron chi connectivity index (χ0n) is 16.4. The van der Waals surface area contributed by atoms with Gasteiger partial charge in [0.15, 0.2) is 12.4 Å². The Morgan fingerprint density at radius 2 is 2.15 bits per heavy atom. The second-order valence-corrected chi connectivity index (χ2v) is 6.91. The summed E-state index contributed by atoms with van der Waals surface area (Å²) in [6.45, 7) is 6.93. The molecule has 1 N–H and O–H groups in total. The zero-order valence-corrected chi connectivity index (χ0v) is 16.4. The minimum atomic E-state index is -0.247. The molecule has 1 fully saturated rings. The number of benzene rings is 1. The van der Waals surface area contributed by atoms with E-state index in [1.54, 1.807) is 4.68 Å². The van der Waals surface area contributed by atoms with Crippen LogP contribution < -0.4 is 14.8 Å². The van der Waals surface area contributed by atoms with Crippen LogP contribution in [0.1, 0.15) is 29.8 Å². The SMILES string of the molecule is Cc1ccc(NC(=O)COc2c(C)nn(C)c2C)c(OCC2CCCO2)c1. The van der Waals surface area contributed by atoms with Gasteiger partial charge in [-0.25, -0.2) is 0 Å². The molecular weight excluding hydrogens is 346 g/mol. The molecule has 3 rings (SSSR count). The van der Waals surface area contributed by atoms with E-state index in [2.05, 4.69) is 10.4 Å². The van der Waals surface area contributed by atoms with E-state index in [-0.39, 0.29) is 18.6 Å². The predicted molar refractivity (Wildman–Crippen MR) is 102 cm³/mol. The number of hydrogen-bond acceptors (Lipinski definition) is 5. The third-order valence-electron chi connectivity index (χ3n) is 4.65. The van der Waals surface area contributed by atoms with Crippen LogP contribution in [-0.2, 0) is 16.6 Å². The number of amides is 1. The lowest BCUT2D eigenvalue weighted by molar-refractivity contribution is -0.118.